The number of carbonyl (C=O) groups is 1. The number of nitrogens with zero attached hydrogens (tertiary/aromatic N) is 1. The molecule has 0 aromatic heterocycles. The predicted octanol–water partition coefficient (Wildman–Crippen LogP) is 3.35. The highest BCUT2D eigenvalue weighted by Gasteiger charge is 2.37. The molecule has 132 valence electrons. The summed E-state index contributed by atoms with van der Waals surface area (Å²) in [6.45, 7) is 3.18. The van der Waals surface area contributed by atoms with Gasteiger partial charge in [-0.25, -0.2) is 4.79 Å². The molecule has 0 spiro atoms. The number of halogens is 3. The van der Waals surface area contributed by atoms with Gasteiger partial charge >= 0.3 is 12.1 Å². The minimum absolute atomic E-state index is 0.0346. The number of esters is 1. The molecular weight excluding hydrogens is 337 g/mol. The fraction of sp³-hybridized carbons (Fsp3) is 0.294. The van der Waals surface area contributed by atoms with Crippen molar-refractivity contribution in [3.8, 4) is 6.07 Å². The molecule has 0 radical (unpaired) electrons. The summed E-state index contributed by atoms with van der Waals surface area (Å²) < 4.78 is 48.5. The zero-order chi connectivity index (χ0) is 18.8. The SMILES string of the molecule is CCOC(=O)C1=C(C)OC(N)=C(C#N)C1c1ccc(C(F)(F)F)cc1. The number of alkyl halides is 3. The Bertz CT molecular complexity index is 787. The van der Waals surface area contributed by atoms with Crippen LogP contribution in [0.4, 0.5) is 13.2 Å². The van der Waals surface area contributed by atoms with Gasteiger partial charge in [0.2, 0.25) is 5.88 Å². The first-order valence-corrected chi connectivity index (χ1v) is 7.33. The van der Waals surface area contributed by atoms with E-state index in [0.29, 0.717) is 5.56 Å². The lowest BCUT2D eigenvalue weighted by atomic mass is 9.83. The molecule has 0 saturated carbocycles. The standard InChI is InChI=1S/C17H15F3N2O3/c1-3-24-16(23)13-9(2)25-15(22)12(8-21)14(13)10-4-6-11(7-5-10)17(18,19)20/h4-7,14H,3,22H2,1-2H3. The molecule has 1 unspecified atom stereocenters. The first-order valence-electron chi connectivity index (χ1n) is 7.33. The molecule has 1 heterocycles. The molecule has 0 bridgehead atoms. The van der Waals surface area contributed by atoms with Crippen molar-refractivity contribution < 1.29 is 27.4 Å². The van der Waals surface area contributed by atoms with Crippen molar-refractivity contribution in [1.82, 2.24) is 0 Å². The summed E-state index contributed by atoms with van der Waals surface area (Å²) in [5.74, 6) is -1.73. The van der Waals surface area contributed by atoms with Crippen LogP contribution in [0.3, 0.4) is 0 Å². The number of allylic oxidation sites excluding steroid dienone is 2. The van der Waals surface area contributed by atoms with E-state index >= 15 is 0 Å². The quantitative estimate of drug-likeness (QED) is 0.843. The van der Waals surface area contributed by atoms with Gasteiger partial charge in [-0.3, -0.25) is 0 Å². The highest BCUT2D eigenvalue weighted by molar-refractivity contribution is 5.92. The largest absolute Gasteiger partial charge is 0.463 e. The number of rotatable bonds is 3. The van der Waals surface area contributed by atoms with E-state index in [1.165, 1.54) is 19.1 Å². The van der Waals surface area contributed by atoms with Gasteiger partial charge in [0.1, 0.15) is 17.4 Å². The topological polar surface area (TPSA) is 85.3 Å². The van der Waals surface area contributed by atoms with Crippen LogP contribution in [0.5, 0.6) is 0 Å². The average Bonchev–Trinajstić information content (AvgIpc) is 2.53. The van der Waals surface area contributed by atoms with Crippen molar-refractivity contribution in [2.45, 2.75) is 25.9 Å². The smallest absolute Gasteiger partial charge is 0.416 e. The van der Waals surface area contributed by atoms with Gasteiger partial charge in [-0.15, -0.1) is 0 Å². The van der Waals surface area contributed by atoms with Gasteiger partial charge in [0.15, 0.2) is 0 Å². The van der Waals surface area contributed by atoms with Crippen molar-refractivity contribution >= 4 is 5.97 Å². The lowest BCUT2D eigenvalue weighted by molar-refractivity contribution is -0.139. The van der Waals surface area contributed by atoms with Crippen LogP contribution in [0.15, 0.2) is 47.1 Å². The first kappa shape index (κ1) is 18.4. The number of hydrogen-bond acceptors (Lipinski definition) is 5. The molecule has 2 N–H and O–H groups in total. The maximum Gasteiger partial charge on any atom is 0.416 e. The molecule has 0 saturated heterocycles. The zero-order valence-electron chi connectivity index (χ0n) is 13.5. The molecule has 5 nitrogen and oxygen atoms in total. The van der Waals surface area contributed by atoms with Crippen LogP contribution in [0.2, 0.25) is 0 Å². The maximum atomic E-state index is 12.7. The molecule has 0 fully saturated rings. The maximum absolute atomic E-state index is 12.7. The fourth-order valence-electron chi connectivity index (χ4n) is 2.55. The highest BCUT2D eigenvalue weighted by atomic mass is 19.4. The van der Waals surface area contributed by atoms with Crippen LogP contribution in [-0.4, -0.2) is 12.6 Å². The molecule has 8 heteroatoms. The molecule has 0 aliphatic carbocycles. The Kier molecular flexibility index (Phi) is 5.07. The Morgan fingerprint density at radius 3 is 2.44 bits per heavy atom. The van der Waals surface area contributed by atoms with Crippen LogP contribution in [0.25, 0.3) is 0 Å². The Balaban J connectivity index is 2.57. The van der Waals surface area contributed by atoms with Crippen molar-refractivity contribution in [3.05, 3.63) is 58.2 Å². The third kappa shape index (κ3) is 3.60. The lowest BCUT2D eigenvalue weighted by Gasteiger charge is -2.27. The van der Waals surface area contributed by atoms with Crippen LogP contribution < -0.4 is 5.73 Å². The molecule has 1 aliphatic rings. The summed E-state index contributed by atoms with van der Waals surface area (Å²) >= 11 is 0. The van der Waals surface area contributed by atoms with Crippen LogP contribution >= 0.6 is 0 Å². The summed E-state index contributed by atoms with van der Waals surface area (Å²) in [5.41, 5.74) is 5.15. The van der Waals surface area contributed by atoms with E-state index in [1.54, 1.807) is 6.92 Å². The van der Waals surface area contributed by atoms with Gasteiger partial charge in [-0.2, -0.15) is 18.4 Å². The fourth-order valence-corrected chi connectivity index (χ4v) is 2.55. The van der Waals surface area contributed by atoms with E-state index in [0.717, 1.165) is 12.1 Å². The van der Waals surface area contributed by atoms with Gasteiger partial charge in [0, 0.05) is 0 Å². The number of carbonyl (C=O) groups excluding carboxylic acids is 1. The Hall–Kier alpha value is -2.95. The molecule has 2 rings (SSSR count). The molecule has 0 amide bonds. The second-order valence-electron chi connectivity index (χ2n) is 5.23. The van der Waals surface area contributed by atoms with Crippen molar-refractivity contribution in [2.75, 3.05) is 6.61 Å². The summed E-state index contributed by atoms with van der Waals surface area (Å²) in [7, 11) is 0. The molecule has 1 aliphatic heterocycles. The van der Waals surface area contributed by atoms with E-state index in [1.807, 2.05) is 6.07 Å². The summed E-state index contributed by atoms with van der Waals surface area (Å²) in [6.07, 6.45) is -4.49. The number of nitrogens with two attached hydrogens (primary N) is 1. The predicted molar refractivity (Wildman–Crippen MR) is 81.4 cm³/mol. The normalized spacial score (nSPS) is 17.8. The van der Waals surface area contributed by atoms with Crippen molar-refractivity contribution in [2.24, 2.45) is 5.73 Å². The molecule has 1 aromatic rings. The van der Waals surface area contributed by atoms with E-state index in [2.05, 4.69) is 0 Å². The Labute approximate surface area is 142 Å². The van der Waals surface area contributed by atoms with Gasteiger partial charge in [-0.05, 0) is 31.5 Å². The molecular formula is C17H15F3N2O3. The van der Waals surface area contributed by atoms with Crippen LogP contribution in [0, 0.1) is 11.3 Å². The summed E-state index contributed by atoms with van der Waals surface area (Å²) in [5, 5.41) is 9.37. The Morgan fingerprint density at radius 1 is 1.36 bits per heavy atom. The first-order chi connectivity index (χ1) is 11.7. The number of nitriles is 1. The van der Waals surface area contributed by atoms with E-state index in [4.69, 9.17) is 15.2 Å². The van der Waals surface area contributed by atoms with Crippen LogP contribution in [-0.2, 0) is 20.4 Å². The molecule has 1 aromatic carbocycles. The highest BCUT2D eigenvalue weighted by Crippen LogP contribution is 2.40. The summed E-state index contributed by atoms with van der Waals surface area (Å²) in [4.78, 5) is 12.3. The number of ether oxygens (including phenoxy) is 2. The monoisotopic (exact) mass is 352 g/mol. The Morgan fingerprint density at radius 2 is 1.96 bits per heavy atom. The van der Waals surface area contributed by atoms with Gasteiger partial charge in [-0.1, -0.05) is 12.1 Å². The number of benzene rings is 1. The van der Waals surface area contributed by atoms with E-state index in [-0.39, 0.29) is 29.4 Å². The van der Waals surface area contributed by atoms with E-state index < -0.39 is 23.6 Å². The second kappa shape index (κ2) is 6.89. The average molecular weight is 352 g/mol. The van der Waals surface area contributed by atoms with Crippen molar-refractivity contribution in [1.29, 1.82) is 5.26 Å². The minimum Gasteiger partial charge on any atom is -0.463 e. The molecule has 1 atom stereocenters. The van der Waals surface area contributed by atoms with Gasteiger partial charge in [0.05, 0.1) is 23.7 Å². The lowest BCUT2D eigenvalue weighted by Crippen LogP contribution is -2.25. The van der Waals surface area contributed by atoms with Crippen LogP contribution in [0.1, 0.15) is 30.9 Å². The number of hydrogen-bond donors (Lipinski definition) is 1. The second-order valence-corrected chi connectivity index (χ2v) is 5.23. The molecule has 25 heavy (non-hydrogen) atoms. The third-order valence-electron chi connectivity index (χ3n) is 3.67. The minimum atomic E-state index is -4.49. The van der Waals surface area contributed by atoms with Crippen molar-refractivity contribution in [3.63, 3.8) is 0 Å². The third-order valence-corrected chi connectivity index (χ3v) is 3.67. The zero-order valence-corrected chi connectivity index (χ0v) is 13.5. The van der Waals surface area contributed by atoms with Gasteiger partial charge < -0.3 is 15.2 Å². The van der Waals surface area contributed by atoms with Gasteiger partial charge in [0.25, 0.3) is 0 Å². The summed E-state index contributed by atoms with van der Waals surface area (Å²) in [6, 6.07) is 6.03. The van der Waals surface area contributed by atoms with E-state index in [9.17, 15) is 23.2 Å².